The van der Waals surface area contributed by atoms with Crippen molar-refractivity contribution in [3.63, 3.8) is 0 Å². The first-order chi connectivity index (χ1) is 11.2. The van der Waals surface area contributed by atoms with Crippen molar-refractivity contribution >= 4 is 22.4 Å². The van der Waals surface area contributed by atoms with E-state index in [4.69, 9.17) is 5.73 Å². The van der Waals surface area contributed by atoms with Crippen LogP contribution in [-0.4, -0.2) is 48.0 Å². The van der Waals surface area contributed by atoms with E-state index in [-0.39, 0.29) is 5.91 Å². The van der Waals surface area contributed by atoms with Gasteiger partial charge in [-0.3, -0.25) is 4.79 Å². The summed E-state index contributed by atoms with van der Waals surface area (Å²) in [5, 5.41) is 3.02. The lowest BCUT2D eigenvalue weighted by Crippen LogP contribution is -2.46. The maximum atomic E-state index is 12.6. The van der Waals surface area contributed by atoms with Gasteiger partial charge in [-0.2, -0.15) is 0 Å². The molecule has 1 atom stereocenters. The van der Waals surface area contributed by atoms with Crippen LogP contribution in [0.5, 0.6) is 0 Å². The zero-order valence-corrected chi connectivity index (χ0v) is 13.9. The van der Waals surface area contributed by atoms with Gasteiger partial charge in [-0.25, -0.2) is 4.98 Å². The van der Waals surface area contributed by atoms with E-state index in [0.717, 1.165) is 36.8 Å². The third-order valence-corrected chi connectivity index (χ3v) is 4.95. The smallest absolute Gasteiger partial charge is 0.239 e. The van der Waals surface area contributed by atoms with Crippen molar-refractivity contribution in [1.82, 2.24) is 9.88 Å². The van der Waals surface area contributed by atoms with Crippen molar-refractivity contribution < 1.29 is 4.79 Å². The summed E-state index contributed by atoms with van der Waals surface area (Å²) in [6, 6.07) is 9.48. The van der Waals surface area contributed by atoms with Crippen LogP contribution >= 0.6 is 11.3 Å². The molecule has 1 fully saturated rings. The first-order valence-corrected chi connectivity index (χ1v) is 8.85. The summed E-state index contributed by atoms with van der Waals surface area (Å²) in [6.45, 7) is 3.23. The molecule has 3 rings (SSSR count). The molecule has 2 N–H and O–H groups in total. The van der Waals surface area contributed by atoms with Crippen LogP contribution in [0.15, 0.2) is 41.9 Å². The summed E-state index contributed by atoms with van der Waals surface area (Å²) >= 11 is 1.64. The number of carbonyl (C=O) groups excluding carboxylic acids is 1. The average Bonchev–Trinajstić information content (AvgIpc) is 3.00. The summed E-state index contributed by atoms with van der Waals surface area (Å²) in [4.78, 5) is 21.1. The van der Waals surface area contributed by atoms with Gasteiger partial charge in [0.05, 0.1) is 6.04 Å². The lowest BCUT2D eigenvalue weighted by atomic mass is 10.1. The minimum atomic E-state index is -0.469. The molecule has 6 heteroatoms. The predicted octanol–water partition coefficient (Wildman–Crippen LogP) is 1.75. The number of carbonyl (C=O) groups is 1. The van der Waals surface area contributed by atoms with Crippen LogP contribution in [0.3, 0.4) is 0 Å². The number of hydrogen-bond donors (Lipinski definition) is 1. The van der Waals surface area contributed by atoms with Gasteiger partial charge >= 0.3 is 0 Å². The first kappa shape index (κ1) is 16.0. The van der Waals surface area contributed by atoms with E-state index in [0.29, 0.717) is 13.0 Å². The van der Waals surface area contributed by atoms with Crippen molar-refractivity contribution in [1.29, 1.82) is 0 Å². The van der Waals surface area contributed by atoms with Gasteiger partial charge in [-0.1, -0.05) is 30.3 Å². The average molecular weight is 330 g/mol. The third kappa shape index (κ3) is 4.09. The minimum absolute atomic E-state index is 0.0508. The molecular formula is C17H22N4OS. The van der Waals surface area contributed by atoms with Gasteiger partial charge in [0.2, 0.25) is 5.91 Å². The quantitative estimate of drug-likeness (QED) is 0.928. The van der Waals surface area contributed by atoms with E-state index in [1.165, 1.54) is 0 Å². The summed E-state index contributed by atoms with van der Waals surface area (Å²) in [7, 11) is 0. The molecule has 2 heterocycles. The highest BCUT2D eigenvalue weighted by atomic mass is 32.1. The predicted molar refractivity (Wildman–Crippen MR) is 93.6 cm³/mol. The van der Waals surface area contributed by atoms with Crippen LogP contribution in [0, 0.1) is 0 Å². The highest BCUT2D eigenvalue weighted by Crippen LogP contribution is 2.19. The molecule has 0 aliphatic carbocycles. The number of hydrogen-bond acceptors (Lipinski definition) is 5. The van der Waals surface area contributed by atoms with Crippen molar-refractivity contribution in [3.05, 3.63) is 47.5 Å². The number of rotatable bonds is 4. The van der Waals surface area contributed by atoms with Crippen LogP contribution < -0.4 is 10.6 Å². The third-order valence-electron chi connectivity index (χ3n) is 4.11. The van der Waals surface area contributed by atoms with Gasteiger partial charge in [-0.15, -0.1) is 11.3 Å². The van der Waals surface area contributed by atoms with Crippen LogP contribution in [-0.2, 0) is 11.2 Å². The number of amides is 1. The van der Waals surface area contributed by atoms with Gasteiger partial charge in [0, 0.05) is 37.8 Å². The zero-order chi connectivity index (χ0) is 16.1. The molecule has 0 radical (unpaired) electrons. The monoisotopic (exact) mass is 330 g/mol. The Hall–Kier alpha value is -1.92. The molecule has 23 heavy (non-hydrogen) atoms. The highest BCUT2D eigenvalue weighted by molar-refractivity contribution is 7.13. The van der Waals surface area contributed by atoms with Crippen molar-refractivity contribution in [2.75, 3.05) is 31.1 Å². The molecule has 0 bridgehead atoms. The lowest BCUT2D eigenvalue weighted by Gasteiger charge is -2.24. The second kappa shape index (κ2) is 7.57. The number of thiazole rings is 1. The Bertz CT molecular complexity index is 617. The molecule has 1 amide bonds. The summed E-state index contributed by atoms with van der Waals surface area (Å²) in [5.41, 5.74) is 7.25. The Balaban J connectivity index is 1.57. The molecule has 122 valence electrons. The Morgan fingerprint density at radius 3 is 2.78 bits per heavy atom. The summed E-state index contributed by atoms with van der Waals surface area (Å²) in [6.07, 6.45) is 3.36. The highest BCUT2D eigenvalue weighted by Gasteiger charge is 2.24. The van der Waals surface area contributed by atoms with Crippen LogP contribution in [0.1, 0.15) is 12.0 Å². The van der Waals surface area contributed by atoms with E-state index in [2.05, 4.69) is 9.88 Å². The van der Waals surface area contributed by atoms with Gasteiger partial charge in [0.15, 0.2) is 5.13 Å². The van der Waals surface area contributed by atoms with Gasteiger partial charge in [0.25, 0.3) is 0 Å². The number of nitrogens with two attached hydrogens (primary N) is 1. The molecule has 1 aromatic carbocycles. The first-order valence-electron chi connectivity index (χ1n) is 7.97. The van der Waals surface area contributed by atoms with E-state index in [1.54, 1.807) is 11.3 Å². The number of anilines is 1. The van der Waals surface area contributed by atoms with Gasteiger partial charge < -0.3 is 15.5 Å². The second-order valence-corrected chi connectivity index (χ2v) is 6.65. The fourth-order valence-electron chi connectivity index (χ4n) is 2.89. The van der Waals surface area contributed by atoms with Crippen LogP contribution in [0.2, 0.25) is 0 Å². The molecule has 2 aromatic rings. The van der Waals surface area contributed by atoms with Gasteiger partial charge in [0.1, 0.15) is 0 Å². The largest absolute Gasteiger partial charge is 0.346 e. The summed E-state index contributed by atoms with van der Waals surface area (Å²) in [5.74, 6) is 0.0508. The Labute approximate surface area is 140 Å². The normalized spacial score (nSPS) is 16.9. The van der Waals surface area contributed by atoms with E-state index >= 15 is 0 Å². The summed E-state index contributed by atoms with van der Waals surface area (Å²) < 4.78 is 0. The minimum Gasteiger partial charge on any atom is -0.346 e. The van der Waals surface area contributed by atoms with E-state index in [1.807, 2.05) is 46.8 Å². The topological polar surface area (TPSA) is 62.5 Å². The molecular weight excluding hydrogens is 308 g/mol. The maximum absolute atomic E-state index is 12.6. The lowest BCUT2D eigenvalue weighted by molar-refractivity contribution is -0.132. The Morgan fingerprint density at radius 1 is 1.22 bits per heavy atom. The van der Waals surface area contributed by atoms with E-state index < -0.39 is 6.04 Å². The van der Waals surface area contributed by atoms with Crippen LogP contribution in [0.25, 0.3) is 0 Å². The Morgan fingerprint density at radius 2 is 2.04 bits per heavy atom. The molecule has 1 unspecified atom stereocenters. The fourth-order valence-corrected chi connectivity index (χ4v) is 3.59. The maximum Gasteiger partial charge on any atom is 0.239 e. The van der Waals surface area contributed by atoms with Crippen molar-refractivity contribution in [2.45, 2.75) is 18.9 Å². The SMILES string of the molecule is NC(Cc1ccccc1)C(=O)N1CCCN(c2nccs2)CC1. The standard InChI is InChI=1S/C17H22N4OS/c18-15(13-14-5-2-1-3-6-14)16(22)20-8-4-9-21(11-10-20)17-19-7-12-23-17/h1-3,5-7,12,15H,4,8-11,13,18H2. The zero-order valence-electron chi connectivity index (χ0n) is 13.1. The molecule has 0 spiro atoms. The second-order valence-electron chi connectivity index (χ2n) is 5.78. The Kier molecular flexibility index (Phi) is 5.25. The number of benzene rings is 1. The number of nitrogens with zero attached hydrogens (tertiary/aromatic N) is 3. The van der Waals surface area contributed by atoms with Crippen molar-refractivity contribution in [3.8, 4) is 0 Å². The van der Waals surface area contributed by atoms with E-state index in [9.17, 15) is 4.79 Å². The molecule has 1 aromatic heterocycles. The molecule has 1 aliphatic rings. The molecule has 5 nitrogen and oxygen atoms in total. The molecule has 1 saturated heterocycles. The van der Waals surface area contributed by atoms with Gasteiger partial charge in [-0.05, 0) is 18.4 Å². The van der Waals surface area contributed by atoms with Crippen LogP contribution in [0.4, 0.5) is 5.13 Å². The van der Waals surface area contributed by atoms with Crippen molar-refractivity contribution in [2.24, 2.45) is 5.73 Å². The fraction of sp³-hybridized carbons (Fsp3) is 0.412. The molecule has 0 saturated carbocycles. The molecule has 1 aliphatic heterocycles. The number of aromatic nitrogens is 1.